The summed E-state index contributed by atoms with van der Waals surface area (Å²) >= 11 is 0. The summed E-state index contributed by atoms with van der Waals surface area (Å²) in [6, 6.07) is 0.104. The summed E-state index contributed by atoms with van der Waals surface area (Å²) in [6.45, 7) is 1.52. The van der Waals surface area contributed by atoms with Crippen LogP contribution in [0.1, 0.15) is 32.1 Å². The van der Waals surface area contributed by atoms with Crippen molar-refractivity contribution >= 4 is 5.91 Å². The van der Waals surface area contributed by atoms with Gasteiger partial charge < -0.3 is 15.8 Å². The predicted octanol–water partition coefficient (Wildman–Crippen LogP) is 0.903. The van der Waals surface area contributed by atoms with Crippen LogP contribution in [-0.4, -0.2) is 32.2 Å². The zero-order chi connectivity index (χ0) is 12.3. The standard InChI is InChI=1S/C13H24N2O2/c1-17-7-3-2-6-15-13(16)11-9-4-5-10(8-9)12(11)14/h9-12H,2-8,14H2,1H3,(H,15,16). The van der Waals surface area contributed by atoms with Crippen LogP contribution in [0.2, 0.25) is 0 Å². The van der Waals surface area contributed by atoms with Gasteiger partial charge in [0.2, 0.25) is 5.91 Å². The van der Waals surface area contributed by atoms with Crippen LogP contribution in [0.15, 0.2) is 0 Å². The largest absolute Gasteiger partial charge is 0.385 e. The molecule has 4 atom stereocenters. The molecule has 17 heavy (non-hydrogen) atoms. The molecular formula is C13H24N2O2. The molecule has 0 radical (unpaired) electrons. The monoisotopic (exact) mass is 240 g/mol. The molecule has 0 aromatic heterocycles. The maximum Gasteiger partial charge on any atom is 0.224 e. The molecule has 4 nitrogen and oxygen atoms in total. The number of carbonyl (C=O) groups is 1. The lowest BCUT2D eigenvalue weighted by molar-refractivity contribution is -0.127. The van der Waals surface area contributed by atoms with Gasteiger partial charge in [-0.25, -0.2) is 0 Å². The summed E-state index contributed by atoms with van der Waals surface area (Å²) in [5.74, 6) is 1.41. The zero-order valence-corrected chi connectivity index (χ0v) is 10.7. The van der Waals surface area contributed by atoms with Gasteiger partial charge in [0, 0.05) is 26.3 Å². The van der Waals surface area contributed by atoms with Gasteiger partial charge in [0.1, 0.15) is 0 Å². The lowest BCUT2D eigenvalue weighted by atomic mass is 9.84. The van der Waals surface area contributed by atoms with Crippen molar-refractivity contribution in [1.29, 1.82) is 0 Å². The highest BCUT2D eigenvalue weighted by Gasteiger charge is 2.48. The SMILES string of the molecule is COCCCCNC(=O)C1C2CCC(C2)C1N. The average molecular weight is 240 g/mol. The van der Waals surface area contributed by atoms with E-state index >= 15 is 0 Å². The van der Waals surface area contributed by atoms with Crippen LogP contribution in [0.5, 0.6) is 0 Å². The molecule has 1 amide bonds. The van der Waals surface area contributed by atoms with Crippen molar-refractivity contribution in [1.82, 2.24) is 5.32 Å². The number of carbonyl (C=O) groups excluding carboxylic acids is 1. The van der Waals surface area contributed by atoms with E-state index in [0.29, 0.717) is 11.8 Å². The fourth-order valence-electron chi connectivity index (χ4n) is 3.43. The maximum atomic E-state index is 12.1. The fraction of sp³-hybridized carbons (Fsp3) is 0.923. The van der Waals surface area contributed by atoms with E-state index in [1.165, 1.54) is 19.3 Å². The predicted molar refractivity (Wildman–Crippen MR) is 66.4 cm³/mol. The molecule has 0 aromatic carbocycles. The zero-order valence-electron chi connectivity index (χ0n) is 10.7. The molecule has 0 aliphatic heterocycles. The first-order chi connectivity index (χ1) is 8.24. The average Bonchev–Trinajstić information content (AvgIpc) is 2.89. The highest BCUT2D eigenvalue weighted by Crippen LogP contribution is 2.47. The number of unbranched alkanes of at least 4 members (excludes halogenated alkanes) is 1. The van der Waals surface area contributed by atoms with E-state index in [0.717, 1.165) is 26.0 Å². The van der Waals surface area contributed by atoms with Crippen LogP contribution in [0.3, 0.4) is 0 Å². The van der Waals surface area contributed by atoms with E-state index in [2.05, 4.69) is 5.32 Å². The van der Waals surface area contributed by atoms with Gasteiger partial charge in [-0.1, -0.05) is 0 Å². The Labute approximate surface area is 103 Å². The van der Waals surface area contributed by atoms with Crippen molar-refractivity contribution in [3.05, 3.63) is 0 Å². The molecular weight excluding hydrogens is 216 g/mol. The van der Waals surface area contributed by atoms with Crippen LogP contribution >= 0.6 is 0 Å². The first kappa shape index (κ1) is 12.8. The normalized spacial score (nSPS) is 35.2. The van der Waals surface area contributed by atoms with Gasteiger partial charge in [0.25, 0.3) is 0 Å². The number of ether oxygens (including phenoxy) is 1. The third kappa shape index (κ3) is 2.80. The lowest BCUT2D eigenvalue weighted by Crippen LogP contribution is -2.45. The molecule has 2 aliphatic carbocycles. The van der Waals surface area contributed by atoms with Gasteiger partial charge in [0.15, 0.2) is 0 Å². The summed E-state index contributed by atoms with van der Waals surface area (Å²) in [4.78, 5) is 12.1. The van der Waals surface area contributed by atoms with Crippen LogP contribution in [0.25, 0.3) is 0 Å². The van der Waals surface area contributed by atoms with Gasteiger partial charge in [-0.3, -0.25) is 4.79 Å². The van der Waals surface area contributed by atoms with Crippen LogP contribution in [0.4, 0.5) is 0 Å². The highest BCUT2D eigenvalue weighted by atomic mass is 16.5. The van der Waals surface area contributed by atoms with Crippen molar-refractivity contribution in [2.24, 2.45) is 23.5 Å². The van der Waals surface area contributed by atoms with E-state index in [9.17, 15) is 4.79 Å². The topological polar surface area (TPSA) is 64.3 Å². The molecule has 2 bridgehead atoms. The lowest BCUT2D eigenvalue weighted by Gasteiger charge is -2.27. The van der Waals surface area contributed by atoms with Crippen molar-refractivity contribution in [3.8, 4) is 0 Å². The molecule has 2 fully saturated rings. The Kier molecular flexibility index (Phi) is 4.40. The number of rotatable bonds is 6. The minimum absolute atomic E-state index is 0.0798. The first-order valence-electron chi connectivity index (χ1n) is 6.76. The number of hydrogen-bond acceptors (Lipinski definition) is 3. The van der Waals surface area contributed by atoms with E-state index in [-0.39, 0.29) is 17.9 Å². The summed E-state index contributed by atoms with van der Waals surface area (Å²) in [5.41, 5.74) is 6.14. The molecule has 0 saturated heterocycles. The van der Waals surface area contributed by atoms with Gasteiger partial charge in [-0.2, -0.15) is 0 Å². The third-order valence-electron chi connectivity index (χ3n) is 4.36. The Hall–Kier alpha value is -0.610. The summed E-state index contributed by atoms with van der Waals surface area (Å²) < 4.78 is 4.97. The molecule has 2 saturated carbocycles. The molecule has 0 aromatic rings. The number of nitrogens with two attached hydrogens (primary N) is 1. The van der Waals surface area contributed by atoms with Gasteiger partial charge >= 0.3 is 0 Å². The second-order valence-electron chi connectivity index (χ2n) is 5.43. The van der Waals surface area contributed by atoms with Crippen molar-refractivity contribution in [3.63, 3.8) is 0 Å². The summed E-state index contributed by atoms with van der Waals surface area (Å²) in [7, 11) is 1.70. The second kappa shape index (κ2) is 5.83. The Morgan fingerprint density at radius 2 is 2.12 bits per heavy atom. The van der Waals surface area contributed by atoms with Crippen LogP contribution in [-0.2, 0) is 9.53 Å². The fourth-order valence-corrected chi connectivity index (χ4v) is 3.43. The second-order valence-corrected chi connectivity index (χ2v) is 5.43. The highest BCUT2D eigenvalue weighted by molar-refractivity contribution is 5.80. The number of fused-ring (bicyclic) bond motifs is 2. The molecule has 4 heteroatoms. The number of hydrogen-bond donors (Lipinski definition) is 2. The third-order valence-corrected chi connectivity index (χ3v) is 4.36. The molecule has 3 N–H and O–H groups in total. The molecule has 2 aliphatic rings. The Bertz CT molecular complexity index is 268. The van der Waals surface area contributed by atoms with Crippen molar-refractivity contribution in [2.75, 3.05) is 20.3 Å². The van der Waals surface area contributed by atoms with Crippen molar-refractivity contribution < 1.29 is 9.53 Å². The van der Waals surface area contributed by atoms with Gasteiger partial charge in [-0.15, -0.1) is 0 Å². The number of nitrogens with one attached hydrogen (secondary N) is 1. The van der Waals surface area contributed by atoms with Gasteiger partial charge in [-0.05, 0) is 43.9 Å². The molecule has 0 spiro atoms. The molecule has 2 rings (SSSR count). The maximum absolute atomic E-state index is 12.1. The van der Waals surface area contributed by atoms with Gasteiger partial charge in [0.05, 0.1) is 5.92 Å². The minimum atomic E-state index is 0.0798. The minimum Gasteiger partial charge on any atom is -0.385 e. The van der Waals surface area contributed by atoms with E-state index < -0.39 is 0 Å². The summed E-state index contributed by atoms with van der Waals surface area (Å²) in [5, 5.41) is 3.02. The molecule has 4 unspecified atom stereocenters. The van der Waals surface area contributed by atoms with Crippen molar-refractivity contribution in [2.45, 2.75) is 38.1 Å². The molecule has 0 heterocycles. The summed E-state index contributed by atoms with van der Waals surface area (Å²) in [6.07, 6.45) is 5.57. The quantitative estimate of drug-likeness (QED) is 0.678. The smallest absolute Gasteiger partial charge is 0.224 e. The Morgan fingerprint density at radius 3 is 2.76 bits per heavy atom. The van der Waals surface area contributed by atoms with E-state index in [1.54, 1.807) is 7.11 Å². The Morgan fingerprint density at radius 1 is 1.35 bits per heavy atom. The Balaban J connectivity index is 1.69. The van der Waals surface area contributed by atoms with Crippen LogP contribution in [0, 0.1) is 17.8 Å². The molecule has 98 valence electrons. The van der Waals surface area contributed by atoms with E-state index in [1.807, 2.05) is 0 Å². The number of methoxy groups -OCH3 is 1. The van der Waals surface area contributed by atoms with E-state index in [4.69, 9.17) is 10.5 Å². The first-order valence-corrected chi connectivity index (χ1v) is 6.76. The van der Waals surface area contributed by atoms with Crippen LogP contribution < -0.4 is 11.1 Å². The number of amides is 1.